The first kappa shape index (κ1) is 24.0. The van der Waals surface area contributed by atoms with Gasteiger partial charge >= 0.3 is 6.09 Å². The zero-order valence-corrected chi connectivity index (χ0v) is 20.1. The van der Waals surface area contributed by atoms with Crippen molar-refractivity contribution in [1.29, 1.82) is 0 Å². The van der Waals surface area contributed by atoms with E-state index < -0.39 is 5.60 Å². The molecule has 1 saturated heterocycles. The minimum Gasteiger partial charge on any atom is -0.444 e. The van der Waals surface area contributed by atoms with Crippen molar-refractivity contribution < 1.29 is 9.53 Å². The Bertz CT molecular complexity index is 601. The maximum atomic E-state index is 12.0. The van der Waals surface area contributed by atoms with Crippen molar-refractivity contribution in [2.75, 3.05) is 26.2 Å². The molecule has 154 valence electrons. The molecule has 0 spiro atoms. The molecule has 0 saturated carbocycles. The number of nitrogens with one attached hydrogen (secondary N) is 2. The highest BCUT2D eigenvalue weighted by atomic mass is 127. The third-order valence-electron chi connectivity index (χ3n) is 4.17. The highest BCUT2D eigenvalue weighted by molar-refractivity contribution is 14.0. The molecule has 1 aromatic rings. The number of carbonyl (C=O) groups excluding carboxylic acids is 1. The summed E-state index contributed by atoms with van der Waals surface area (Å²) >= 11 is 1.72. The van der Waals surface area contributed by atoms with E-state index in [1.54, 1.807) is 11.3 Å². The third kappa shape index (κ3) is 8.25. The molecular formula is C19H33IN4O2S. The average molecular weight is 508 g/mol. The minimum atomic E-state index is -0.476. The standard InChI is InChI=1S/C19H32N4O2S.HI/c1-6-20-17(21-11-14(2)15-8-10-26-13-15)23-9-7-16(12-23)22-18(24)25-19(3,4)5;/h8,10,13-14,16H,6-7,9,11-12H2,1-5H3,(H,20,21)(H,22,24);1H. The SMILES string of the molecule is CCNC(=NCC(C)c1ccsc1)N1CCC(NC(=O)OC(C)(C)C)C1.I. The average Bonchev–Trinajstić information content (AvgIpc) is 3.20. The van der Waals surface area contributed by atoms with Gasteiger partial charge in [-0.3, -0.25) is 4.99 Å². The van der Waals surface area contributed by atoms with Crippen LogP contribution >= 0.6 is 35.3 Å². The predicted octanol–water partition coefficient (Wildman–Crippen LogP) is 4.03. The predicted molar refractivity (Wildman–Crippen MR) is 123 cm³/mol. The van der Waals surface area contributed by atoms with Crippen molar-refractivity contribution in [3.8, 4) is 0 Å². The van der Waals surface area contributed by atoms with Gasteiger partial charge in [0.2, 0.25) is 0 Å². The van der Waals surface area contributed by atoms with Crippen molar-refractivity contribution in [3.05, 3.63) is 22.4 Å². The molecule has 0 aromatic carbocycles. The lowest BCUT2D eigenvalue weighted by Gasteiger charge is -2.23. The van der Waals surface area contributed by atoms with E-state index in [2.05, 4.69) is 46.2 Å². The Hall–Kier alpha value is -1.03. The summed E-state index contributed by atoms with van der Waals surface area (Å²) in [4.78, 5) is 19.0. The summed E-state index contributed by atoms with van der Waals surface area (Å²) in [6.45, 7) is 13.1. The molecule has 2 heterocycles. The first-order valence-electron chi connectivity index (χ1n) is 9.33. The summed E-state index contributed by atoms with van der Waals surface area (Å²) in [6.07, 6.45) is 0.543. The number of amides is 1. The van der Waals surface area contributed by atoms with Crippen molar-refractivity contribution in [3.63, 3.8) is 0 Å². The number of guanidine groups is 1. The normalized spacial score (nSPS) is 18.6. The Labute approximate surface area is 184 Å². The minimum absolute atomic E-state index is 0. The Morgan fingerprint density at radius 3 is 2.81 bits per heavy atom. The molecule has 27 heavy (non-hydrogen) atoms. The van der Waals surface area contributed by atoms with Gasteiger partial charge in [0.25, 0.3) is 0 Å². The Balaban J connectivity index is 0.00000364. The number of halogens is 1. The van der Waals surface area contributed by atoms with Gasteiger partial charge in [-0.2, -0.15) is 11.3 Å². The quantitative estimate of drug-likeness (QED) is 0.358. The Kier molecular flexibility index (Phi) is 9.86. The molecule has 1 aliphatic heterocycles. The van der Waals surface area contributed by atoms with E-state index in [9.17, 15) is 4.79 Å². The zero-order chi connectivity index (χ0) is 19.2. The topological polar surface area (TPSA) is 66.0 Å². The highest BCUT2D eigenvalue weighted by Gasteiger charge is 2.27. The molecule has 0 bridgehead atoms. The number of thiophene rings is 1. The molecule has 1 amide bonds. The fourth-order valence-corrected chi connectivity index (χ4v) is 3.64. The molecule has 2 unspecified atom stereocenters. The van der Waals surface area contributed by atoms with Gasteiger partial charge in [-0.25, -0.2) is 4.79 Å². The maximum Gasteiger partial charge on any atom is 0.407 e. The summed E-state index contributed by atoms with van der Waals surface area (Å²) in [7, 11) is 0. The van der Waals surface area contributed by atoms with Crippen LogP contribution in [-0.4, -0.2) is 54.8 Å². The van der Waals surface area contributed by atoms with Crippen LogP contribution in [0.2, 0.25) is 0 Å². The van der Waals surface area contributed by atoms with Crippen LogP contribution in [0.25, 0.3) is 0 Å². The van der Waals surface area contributed by atoms with Crippen LogP contribution in [0.3, 0.4) is 0 Å². The van der Waals surface area contributed by atoms with Crippen LogP contribution in [0, 0.1) is 0 Å². The second kappa shape index (κ2) is 11.1. The number of alkyl carbamates (subject to hydrolysis) is 1. The Morgan fingerprint density at radius 1 is 1.48 bits per heavy atom. The molecule has 1 aromatic heterocycles. The molecule has 8 heteroatoms. The summed E-state index contributed by atoms with van der Waals surface area (Å²) < 4.78 is 5.35. The van der Waals surface area contributed by atoms with Gasteiger partial charge in [0.15, 0.2) is 5.96 Å². The van der Waals surface area contributed by atoms with E-state index in [0.717, 1.165) is 38.6 Å². The van der Waals surface area contributed by atoms with E-state index >= 15 is 0 Å². The molecule has 0 aliphatic carbocycles. The lowest BCUT2D eigenvalue weighted by Crippen LogP contribution is -2.44. The monoisotopic (exact) mass is 508 g/mol. The van der Waals surface area contributed by atoms with Crippen LogP contribution in [0.5, 0.6) is 0 Å². The number of ether oxygens (including phenoxy) is 1. The molecule has 2 atom stereocenters. The van der Waals surface area contributed by atoms with E-state index in [1.165, 1.54) is 5.56 Å². The number of nitrogens with zero attached hydrogens (tertiary/aromatic N) is 2. The zero-order valence-electron chi connectivity index (χ0n) is 16.9. The second-order valence-electron chi connectivity index (χ2n) is 7.73. The molecule has 2 N–H and O–H groups in total. The van der Waals surface area contributed by atoms with Gasteiger partial charge < -0.3 is 20.3 Å². The summed E-state index contributed by atoms with van der Waals surface area (Å²) in [5.74, 6) is 1.32. The summed E-state index contributed by atoms with van der Waals surface area (Å²) in [6, 6.07) is 2.25. The van der Waals surface area contributed by atoms with Crippen molar-refractivity contribution >= 4 is 47.4 Å². The van der Waals surface area contributed by atoms with Crippen LogP contribution in [0.15, 0.2) is 21.8 Å². The molecular weight excluding hydrogens is 475 g/mol. The largest absolute Gasteiger partial charge is 0.444 e. The fraction of sp³-hybridized carbons (Fsp3) is 0.684. The van der Waals surface area contributed by atoms with E-state index in [0.29, 0.717) is 5.92 Å². The van der Waals surface area contributed by atoms with Crippen molar-refractivity contribution in [1.82, 2.24) is 15.5 Å². The third-order valence-corrected chi connectivity index (χ3v) is 4.87. The van der Waals surface area contributed by atoms with Crippen LogP contribution in [0.1, 0.15) is 52.5 Å². The summed E-state index contributed by atoms with van der Waals surface area (Å²) in [5.41, 5.74) is 0.858. The number of likely N-dealkylation sites (tertiary alicyclic amines) is 1. The fourth-order valence-electron chi connectivity index (χ4n) is 2.85. The molecule has 1 aliphatic rings. The van der Waals surface area contributed by atoms with Crippen molar-refractivity contribution in [2.45, 2.75) is 58.6 Å². The lowest BCUT2D eigenvalue weighted by molar-refractivity contribution is 0.0507. The lowest BCUT2D eigenvalue weighted by atomic mass is 10.1. The number of aliphatic imine (C=N–C) groups is 1. The van der Waals surface area contributed by atoms with Crippen LogP contribution in [0.4, 0.5) is 4.79 Å². The van der Waals surface area contributed by atoms with Gasteiger partial charge in [0, 0.05) is 32.1 Å². The van der Waals surface area contributed by atoms with Gasteiger partial charge in [-0.15, -0.1) is 24.0 Å². The second-order valence-corrected chi connectivity index (χ2v) is 8.51. The van der Waals surface area contributed by atoms with Crippen molar-refractivity contribution in [2.24, 2.45) is 4.99 Å². The number of hydrogen-bond donors (Lipinski definition) is 2. The summed E-state index contributed by atoms with van der Waals surface area (Å²) in [5, 5.41) is 10.6. The van der Waals surface area contributed by atoms with Gasteiger partial charge in [0.1, 0.15) is 5.60 Å². The first-order valence-corrected chi connectivity index (χ1v) is 10.3. The first-order chi connectivity index (χ1) is 12.3. The smallest absolute Gasteiger partial charge is 0.407 e. The van der Waals surface area contributed by atoms with Gasteiger partial charge in [-0.1, -0.05) is 6.92 Å². The molecule has 1 fully saturated rings. The van der Waals surface area contributed by atoms with Gasteiger partial charge in [-0.05, 0) is 56.5 Å². The molecule has 2 rings (SSSR count). The molecule has 6 nitrogen and oxygen atoms in total. The Morgan fingerprint density at radius 2 is 2.22 bits per heavy atom. The molecule has 0 radical (unpaired) electrons. The van der Waals surface area contributed by atoms with Crippen LogP contribution < -0.4 is 10.6 Å². The van der Waals surface area contributed by atoms with Gasteiger partial charge in [0.05, 0.1) is 6.04 Å². The highest BCUT2D eigenvalue weighted by Crippen LogP contribution is 2.19. The van der Waals surface area contributed by atoms with E-state index in [4.69, 9.17) is 9.73 Å². The number of carbonyl (C=O) groups is 1. The van der Waals surface area contributed by atoms with E-state index in [-0.39, 0.29) is 36.1 Å². The van der Waals surface area contributed by atoms with E-state index in [1.807, 2.05) is 20.8 Å². The number of hydrogen-bond acceptors (Lipinski definition) is 4. The van der Waals surface area contributed by atoms with Crippen LogP contribution in [-0.2, 0) is 4.74 Å². The maximum absolute atomic E-state index is 12.0. The number of rotatable bonds is 5.